The molecular formula is C19H28N4O2. The number of carbonyl (C=O) groups is 1. The number of aromatic carboxylic acids is 1. The van der Waals surface area contributed by atoms with Gasteiger partial charge in [-0.05, 0) is 32.1 Å². The Labute approximate surface area is 149 Å². The molecule has 0 bridgehead atoms. The lowest BCUT2D eigenvalue weighted by Gasteiger charge is -2.32. The second kappa shape index (κ2) is 9.98. The first kappa shape index (κ1) is 19.2. The zero-order chi connectivity index (χ0) is 18.1. The molecule has 1 aliphatic heterocycles. The van der Waals surface area contributed by atoms with E-state index in [1.54, 1.807) is 6.20 Å². The highest BCUT2D eigenvalue weighted by molar-refractivity contribution is 5.95. The molecular weight excluding hydrogens is 316 g/mol. The third-order valence-electron chi connectivity index (χ3n) is 4.34. The Morgan fingerprint density at radius 3 is 2.44 bits per heavy atom. The van der Waals surface area contributed by atoms with Crippen LogP contribution in [0, 0.1) is 0 Å². The molecule has 0 saturated carbocycles. The van der Waals surface area contributed by atoms with Gasteiger partial charge in [-0.25, -0.2) is 4.79 Å². The van der Waals surface area contributed by atoms with Crippen molar-refractivity contribution < 1.29 is 9.90 Å². The van der Waals surface area contributed by atoms with Gasteiger partial charge < -0.3 is 25.6 Å². The van der Waals surface area contributed by atoms with E-state index >= 15 is 0 Å². The van der Waals surface area contributed by atoms with E-state index in [4.69, 9.17) is 10.8 Å². The average Bonchev–Trinajstić information content (AvgIpc) is 3.13. The molecule has 0 amide bonds. The Morgan fingerprint density at radius 2 is 1.84 bits per heavy atom. The maximum absolute atomic E-state index is 10.8. The van der Waals surface area contributed by atoms with Crippen LogP contribution in [0.1, 0.15) is 16.8 Å². The maximum atomic E-state index is 10.8. The third kappa shape index (κ3) is 6.01. The summed E-state index contributed by atoms with van der Waals surface area (Å²) in [4.78, 5) is 18.5. The Balaban J connectivity index is 0.000000186. The molecule has 1 aromatic carbocycles. The zero-order valence-electron chi connectivity index (χ0n) is 14.8. The smallest absolute Gasteiger partial charge is 0.337 e. The largest absolute Gasteiger partial charge is 0.478 e. The highest BCUT2D eigenvalue weighted by Gasteiger charge is 2.12. The molecule has 4 N–H and O–H groups in total. The molecule has 0 atom stereocenters. The van der Waals surface area contributed by atoms with Gasteiger partial charge in [0.05, 0.1) is 5.56 Å². The second-order valence-electron chi connectivity index (χ2n) is 6.24. The van der Waals surface area contributed by atoms with E-state index in [1.165, 1.54) is 38.9 Å². The van der Waals surface area contributed by atoms with Crippen LogP contribution in [0.5, 0.6) is 0 Å². The summed E-state index contributed by atoms with van der Waals surface area (Å²) in [7, 11) is 2.18. The molecule has 6 nitrogen and oxygen atoms in total. The van der Waals surface area contributed by atoms with Crippen molar-refractivity contribution in [2.75, 3.05) is 46.3 Å². The van der Waals surface area contributed by atoms with Crippen molar-refractivity contribution in [1.29, 1.82) is 0 Å². The van der Waals surface area contributed by atoms with Crippen molar-refractivity contribution >= 4 is 5.97 Å². The Bertz CT molecular complexity index is 631. The minimum atomic E-state index is -0.912. The number of H-pyrrole nitrogens is 1. The summed E-state index contributed by atoms with van der Waals surface area (Å²) >= 11 is 0. The van der Waals surface area contributed by atoms with Crippen LogP contribution in [0.15, 0.2) is 42.7 Å². The number of rotatable bonds is 5. The fraction of sp³-hybridized carbons (Fsp3) is 0.421. The highest BCUT2D eigenvalue weighted by atomic mass is 16.4. The van der Waals surface area contributed by atoms with Crippen LogP contribution in [-0.2, 0) is 0 Å². The van der Waals surface area contributed by atoms with Gasteiger partial charge in [0.15, 0.2) is 0 Å². The SMILES string of the molecule is CN1CCN(CCCN)CC1.O=C(O)c1c[nH]cc1-c1ccccc1. The van der Waals surface area contributed by atoms with Crippen molar-refractivity contribution in [3.8, 4) is 11.1 Å². The van der Waals surface area contributed by atoms with Gasteiger partial charge in [0, 0.05) is 44.1 Å². The van der Waals surface area contributed by atoms with E-state index in [0.29, 0.717) is 5.56 Å². The molecule has 0 unspecified atom stereocenters. The first-order chi connectivity index (χ1) is 12.1. The van der Waals surface area contributed by atoms with Crippen LogP contribution in [-0.4, -0.2) is 72.2 Å². The molecule has 0 radical (unpaired) electrons. The van der Waals surface area contributed by atoms with Crippen LogP contribution < -0.4 is 5.73 Å². The summed E-state index contributed by atoms with van der Waals surface area (Å²) in [6.07, 6.45) is 4.33. The molecule has 1 fully saturated rings. The number of nitrogens with zero attached hydrogens (tertiary/aromatic N) is 2. The molecule has 1 aromatic heterocycles. The monoisotopic (exact) mass is 344 g/mol. The summed E-state index contributed by atoms with van der Waals surface area (Å²) in [6, 6.07) is 9.43. The van der Waals surface area contributed by atoms with Crippen LogP contribution in [0.2, 0.25) is 0 Å². The van der Waals surface area contributed by atoms with Gasteiger partial charge in [0.2, 0.25) is 0 Å². The number of benzene rings is 1. The molecule has 0 spiro atoms. The normalized spacial score (nSPS) is 15.4. The van der Waals surface area contributed by atoms with Crippen molar-refractivity contribution in [3.63, 3.8) is 0 Å². The summed E-state index contributed by atoms with van der Waals surface area (Å²) < 4.78 is 0. The minimum absolute atomic E-state index is 0.302. The summed E-state index contributed by atoms with van der Waals surface area (Å²) in [6.45, 7) is 6.87. The Kier molecular flexibility index (Phi) is 7.66. The van der Waals surface area contributed by atoms with Crippen molar-refractivity contribution in [2.24, 2.45) is 5.73 Å². The lowest BCUT2D eigenvalue weighted by atomic mass is 10.1. The predicted molar refractivity (Wildman–Crippen MR) is 101 cm³/mol. The van der Waals surface area contributed by atoms with E-state index < -0.39 is 5.97 Å². The van der Waals surface area contributed by atoms with E-state index in [0.717, 1.165) is 24.1 Å². The van der Waals surface area contributed by atoms with Gasteiger partial charge in [-0.2, -0.15) is 0 Å². The van der Waals surface area contributed by atoms with Crippen LogP contribution in [0.3, 0.4) is 0 Å². The van der Waals surface area contributed by atoms with Crippen LogP contribution in [0.25, 0.3) is 11.1 Å². The van der Waals surface area contributed by atoms with Crippen molar-refractivity contribution in [2.45, 2.75) is 6.42 Å². The number of nitrogens with one attached hydrogen (secondary N) is 1. The fourth-order valence-corrected chi connectivity index (χ4v) is 2.78. The van der Waals surface area contributed by atoms with Gasteiger partial charge in [-0.15, -0.1) is 0 Å². The number of piperazine rings is 1. The molecule has 1 saturated heterocycles. The van der Waals surface area contributed by atoms with Gasteiger partial charge in [-0.1, -0.05) is 30.3 Å². The molecule has 136 valence electrons. The molecule has 6 heteroatoms. The van der Waals surface area contributed by atoms with Gasteiger partial charge in [-0.3, -0.25) is 0 Å². The number of carboxylic acids is 1. The molecule has 1 aliphatic rings. The maximum Gasteiger partial charge on any atom is 0.337 e. The molecule has 2 aromatic rings. The lowest BCUT2D eigenvalue weighted by molar-refractivity contribution is 0.0698. The first-order valence-corrected chi connectivity index (χ1v) is 8.68. The Morgan fingerprint density at radius 1 is 1.16 bits per heavy atom. The number of nitrogens with two attached hydrogens (primary N) is 1. The number of hydrogen-bond donors (Lipinski definition) is 3. The average molecular weight is 344 g/mol. The highest BCUT2D eigenvalue weighted by Crippen LogP contribution is 2.22. The molecule has 0 aliphatic carbocycles. The zero-order valence-corrected chi connectivity index (χ0v) is 14.8. The van der Waals surface area contributed by atoms with Crippen LogP contribution >= 0.6 is 0 Å². The number of aromatic amines is 1. The summed E-state index contributed by atoms with van der Waals surface area (Å²) in [5.41, 5.74) is 7.37. The lowest BCUT2D eigenvalue weighted by Crippen LogP contribution is -2.44. The van der Waals surface area contributed by atoms with Gasteiger partial charge in [0.25, 0.3) is 0 Å². The standard InChI is InChI=1S/C11H9NO2.C8H19N3/c13-11(14)10-7-12-6-9(10)8-4-2-1-3-5-8;1-10-5-7-11(8-6-10)4-2-3-9/h1-7,12H,(H,13,14);2-9H2,1H3. The minimum Gasteiger partial charge on any atom is -0.478 e. The first-order valence-electron chi connectivity index (χ1n) is 8.68. The second-order valence-corrected chi connectivity index (χ2v) is 6.24. The predicted octanol–water partition coefficient (Wildman–Crippen LogP) is 1.96. The Hall–Kier alpha value is -2.15. The fourth-order valence-electron chi connectivity index (χ4n) is 2.78. The summed E-state index contributed by atoms with van der Waals surface area (Å²) in [5, 5.41) is 8.90. The van der Waals surface area contributed by atoms with Crippen molar-refractivity contribution in [1.82, 2.24) is 14.8 Å². The third-order valence-corrected chi connectivity index (χ3v) is 4.34. The molecule has 3 rings (SSSR count). The number of carboxylic acid groups (broad SMARTS) is 1. The van der Waals surface area contributed by atoms with E-state index in [9.17, 15) is 4.79 Å². The quantitative estimate of drug-likeness (QED) is 0.772. The van der Waals surface area contributed by atoms with Gasteiger partial charge in [0.1, 0.15) is 0 Å². The topological polar surface area (TPSA) is 85.6 Å². The number of hydrogen-bond acceptors (Lipinski definition) is 4. The van der Waals surface area contributed by atoms with E-state index in [1.807, 2.05) is 30.3 Å². The number of aromatic nitrogens is 1. The molecule has 2 heterocycles. The van der Waals surface area contributed by atoms with E-state index in [-0.39, 0.29) is 0 Å². The van der Waals surface area contributed by atoms with Gasteiger partial charge >= 0.3 is 5.97 Å². The molecule has 25 heavy (non-hydrogen) atoms. The van der Waals surface area contributed by atoms with Crippen molar-refractivity contribution in [3.05, 3.63) is 48.3 Å². The number of likely N-dealkylation sites (N-methyl/N-ethyl adjacent to an activating group) is 1. The summed E-state index contributed by atoms with van der Waals surface area (Å²) in [5.74, 6) is -0.912. The van der Waals surface area contributed by atoms with E-state index in [2.05, 4.69) is 21.8 Å². The van der Waals surface area contributed by atoms with Crippen LogP contribution in [0.4, 0.5) is 0 Å².